The molecular formula is C16H19ClN2O3S. The zero-order valence-corrected chi connectivity index (χ0v) is 14.6. The van der Waals surface area contributed by atoms with Crippen LogP contribution in [-0.2, 0) is 6.54 Å². The first-order valence-corrected chi connectivity index (χ1v) is 8.28. The van der Waals surface area contributed by atoms with Crippen molar-refractivity contribution in [3.63, 3.8) is 0 Å². The van der Waals surface area contributed by atoms with Crippen molar-refractivity contribution in [2.24, 2.45) is 0 Å². The third-order valence-electron chi connectivity index (χ3n) is 3.08. The first kappa shape index (κ1) is 17.4. The van der Waals surface area contributed by atoms with Crippen molar-refractivity contribution in [1.29, 1.82) is 0 Å². The Hall–Kier alpha value is -1.92. The number of rotatable bonds is 7. The molecule has 2 amide bonds. The second kappa shape index (κ2) is 8.64. The van der Waals surface area contributed by atoms with Crippen molar-refractivity contribution in [3.8, 4) is 11.5 Å². The highest BCUT2D eigenvalue weighted by Crippen LogP contribution is 2.22. The van der Waals surface area contributed by atoms with Crippen molar-refractivity contribution < 1.29 is 14.3 Å². The van der Waals surface area contributed by atoms with Crippen LogP contribution in [0, 0.1) is 0 Å². The molecule has 0 unspecified atom stereocenters. The van der Waals surface area contributed by atoms with E-state index in [2.05, 4.69) is 5.32 Å². The molecular weight excluding hydrogens is 336 g/mol. The maximum Gasteiger partial charge on any atom is 0.317 e. The molecule has 1 aromatic heterocycles. The van der Waals surface area contributed by atoms with Crippen molar-refractivity contribution in [2.75, 3.05) is 27.3 Å². The van der Waals surface area contributed by atoms with Crippen LogP contribution in [0.25, 0.3) is 0 Å². The van der Waals surface area contributed by atoms with Crippen LogP contribution in [0.1, 0.15) is 4.88 Å². The molecule has 0 aliphatic heterocycles. The van der Waals surface area contributed by atoms with Gasteiger partial charge in [0, 0.05) is 11.9 Å². The van der Waals surface area contributed by atoms with Crippen LogP contribution in [0.2, 0.25) is 4.34 Å². The molecule has 5 nitrogen and oxygen atoms in total. The Morgan fingerprint density at radius 1 is 1.22 bits per heavy atom. The largest absolute Gasteiger partial charge is 0.497 e. The van der Waals surface area contributed by atoms with Crippen LogP contribution in [0.5, 0.6) is 11.5 Å². The summed E-state index contributed by atoms with van der Waals surface area (Å²) < 4.78 is 11.4. The number of ether oxygens (including phenoxy) is 2. The molecule has 1 heterocycles. The number of hydrogen-bond acceptors (Lipinski definition) is 4. The lowest BCUT2D eigenvalue weighted by Crippen LogP contribution is -2.38. The number of benzene rings is 1. The molecule has 1 N–H and O–H groups in total. The van der Waals surface area contributed by atoms with Crippen LogP contribution in [0.4, 0.5) is 4.79 Å². The average molecular weight is 355 g/mol. The van der Waals surface area contributed by atoms with Crippen LogP contribution in [-0.4, -0.2) is 38.2 Å². The van der Waals surface area contributed by atoms with Gasteiger partial charge in [0.05, 0.1) is 24.5 Å². The first-order valence-electron chi connectivity index (χ1n) is 7.08. The number of amides is 2. The maximum absolute atomic E-state index is 12.0. The number of methoxy groups -OCH3 is 1. The fourth-order valence-electron chi connectivity index (χ4n) is 1.88. The maximum atomic E-state index is 12.0. The van der Waals surface area contributed by atoms with E-state index in [1.165, 1.54) is 11.3 Å². The number of nitrogens with zero attached hydrogens (tertiary/aromatic N) is 1. The molecule has 0 saturated carbocycles. The summed E-state index contributed by atoms with van der Waals surface area (Å²) in [5.41, 5.74) is 0. The summed E-state index contributed by atoms with van der Waals surface area (Å²) in [7, 11) is 3.36. The SMILES string of the molecule is COc1ccc(OCCNC(=O)N(C)Cc2ccc(Cl)s2)cc1. The van der Waals surface area contributed by atoms with Gasteiger partial charge in [-0.3, -0.25) is 0 Å². The molecule has 0 saturated heterocycles. The lowest BCUT2D eigenvalue weighted by atomic mass is 10.3. The number of urea groups is 1. The smallest absolute Gasteiger partial charge is 0.317 e. The van der Waals surface area contributed by atoms with Crippen molar-refractivity contribution >= 4 is 29.0 Å². The van der Waals surface area contributed by atoms with Gasteiger partial charge in [0.2, 0.25) is 0 Å². The van der Waals surface area contributed by atoms with Crippen molar-refractivity contribution in [2.45, 2.75) is 6.54 Å². The Morgan fingerprint density at radius 3 is 2.52 bits per heavy atom. The molecule has 2 aromatic rings. The van der Waals surface area contributed by atoms with Crippen LogP contribution >= 0.6 is 22.9 Å². The lowest BCUT2D eigenvalue weighted by Gasteiger charge is -2.17. The van der Waals surface area contributed by atoms with Gasteiger partial charge in [-0.25, -0.2) is 4.79 Å². The third kappa shape index (κ3) is 5.65. The Kier molecular flexibility index (Phi) is 6.55. The topological polar surface area (TPSA) is 50.8 Å². The summed E-state index contributed by atoms with van der Waals surface area (Å²) in [5.74, 6) is 1.52. The molecule has 0 radical (unpaired) electrons. The fraction of sp³-hybridized carbons (Fsp3) is 0.312. The minimum Gasteiger partial charge on any atom is -0.497 e. The van der Waals surface area contributed by atoms with Crippen molar-refractivity contribution in [3.05, 3.63) is 45.6 Å². The summed E-state index contributed by atoms with van der Waals surface area (Å²) in [6.07, 6.45) is 0. The second-order valence-electron chi connectivity index (χ2n) is 4.82. The Morgan fingerprint density at radius 2 is 1.91 bits per heavy atom. The quantitative estimate of drug-likeness (QED) is 0.772. The zero-order valence-electron chi connectivity index (χ0n) is 13.0. The Labute approximate surface area is 144 Å². The molecule has 0 aliphatic carbocycles. The van der Waals surface area contributed by atoms with Crippen molar-refractivity contribution in [1.82, 2.24) is 10.2 Å². The second-order valence-corrected chi connectivity index (χ2v) is 6.62. The highest BCUT2D eigenvalue weighted by molar-refractivity contribution is 7.16. The lowest BCUT2D eigenvalue weighted by molar-refractivity contribution is 0.204. The summed E-state index contributed by atoms with van der Waals surface area (Å²) >= 11 is 7.35. The summed E-state index contributed by atoms with van der Waals surface area (Å²) in [6.45, 7) is 1.36. The van der Waals surface area contributed by atoms with E-state index in [0.717, 1.165) is 20.7 Å². The normalized spacial score (nSPS) is 10.2. The highest BCUT2D eigenvalue weighted by atomic mass is 35.5. The molecule has 0 bridgehead atoms. The number of hydrogen-bond donors (Lipinski definition) is 1. The van der Waals surface area contributed by atoms with E-state index in [4.69, 9.17) is 21.1 Å². The van der Waals surface area contributed by atoms with E-state index in [1.807, 2.05) is 36.4 Å². The fourth-order valence-corrected chi connectivity index (χ4v) is 3.02. The minimum absolute atomic E-state index is 0.146. The summed E-state index contributed by atoms with van der Waals surface area (Å²) in [6, 6.07) is 10.9. The number of nitrogens with one attached hydrogen (secondary N) is 1. The van der Waals surface area contributed by atoms with E-state index in [9.17, 15) is 4.79 Å². The number of thiophene rings is 1. The average Bonchev–Trinajstić information content (AvgIpc) is 2.96. The van der Waals surface area contributed by atoms with Crippen LogP contribution < -0.4 is 14.8 Å². The molecule has 0 aliphatic rings. The van der Waals surface area contributed by atoms with E-state index in [0.29, 0.717) is 19.7 Å². The first-order chi connectivity index (χ1) is 11.1. The van der Waals surface area contributed by atoms with E-state index in [-0.39, 0.29) is 6.03 Å². The van der Waals surface area contributed by atoms with Crippen LogP contribution in [0.3, 0.4) is 0 Å². The third-order valence-corrected chi connectivity index (χ3v) is 4.29. The predicted octanol–water partition coefficient (Wildman–Crippen LogP) is 3.63. The predicted molar refractivity (Wildman–Crippen MR) is 92.7 cm³/mol. The molecule has 1 aromatic carbocycles. The van der Waals surface area contributed by atoms with Gasteiger partial charge < -0.3 is 19.7 Å². The minimum atomic E-state index is -0.146. The Bertz CT molecular complexity index is 631. The molecule has 0 spiro atoms. The van der Waals surface area contributed by atoms with Gasteiger partial charge in [-0.2, -0.15) is 0 Å². The van der Waals surface area contributed by atoms with Gasteiger partial charge >= 0.3 is 6.03 Å². The number of carbonyl (C=O) groups excluding carboxylic acids is 1. The molecule has 7 heteroatoms. The Balaban J connectivity index is 1.67. The van der Waals surface area contributed by atoms with E-state index >= 15 is 0 Å². The van der Waals surface area contributed by atoms with Gasteiger partial charge in [0.25, 0.3) is 0 Å². The van der Waals surface area contributed by atoms with E-state index in [1.54, 1.807) is 19.1 Å². The highest BCUT2D eigenvalue weighted by Gasteiger charge is 2.09. The molecule has 0 atom stereocenters. The number of halogens is 1. The standard InChI is InChI=1S/C16H19ClN2O3S/c1-19(11-14-7-8-15(17)23-14)16(20)18-9-10-22-13-5-3-12(21-2)4-6-13/h3-8H,9-11H2,1-2H3,(H,18,20). The summed E-state index contributed by atoms with van der Waals surface area (Å²) in [4.78, 5) is 14.6. The zero-order chi connectivity index (χ0) is 16.7. The molecule has 2 rings (SSSR count). The molecule has 23 heavy (non-hydrogen) atoms. The van der Waals surface area contributed by atoms with Gasteiger partial charge in [-0.15, -0.1) is 11.3 Å². The van der Waals surface area contributed by atoms with E-state index < -0.39 is 0 Å². The number of carbonyl (C=O) groups is 1. The molecule has 124 valence electrons. The van der Waals surface area contributed by atoms with Gasteiger partial charge in [0.1, 0.15) is 18.1 Å². The van der Waals surface area contributed by atoms with Crippen LogP contribution in [0.15, 0.2) is 36.4 Å². The molecule has 0 fully saturated rings. The van der Waals surface area contributed by atoms with Gasteiger partial charge in [0.15, 0.2) is 0 Å². The van der Waals surface area contributed by atoms with Gasteiger partial charge in [-0.05, 0) is 36.4 Å². The summed E-state index contributed by atoms with van der Waals surface area (Å²) in [5, 5.41) is 2.81. The monoisotopic (exact) mass is 354 g/mol. The van der Waals surface area contributed by atoms with Gasteiger partial charge in [-0.1, -0.05) is 11.6 Å².